The maximum atomic E-state index is 14.0. The lowest BCUT2D eigenvalue weighted by Gasteiger charge is -2.22. The summed E-state index contributed by atoms with van der Waals surface area (Å²) in [6.07, 6.45) is 5.02. The Bertz CT molecular complexity index is 935. The average molecular weight is 367 g/mol. The molecule has 0 fully saturated rings. The van der Waals surface area contributed by atoms with Gasteiger partial charge in [0.2, 0.25) is 0 Å². The monoisotopic (exact) mass is 367 g/mol. The third-order valence-corrected chi connectivity index (χ3v) is 4.14. The van der Waals surface area contributed by atoms with Gasteiger partial charge in [-0.05, 0) is 29.8 Å². The Morgan fingerprint density at radius 3 is 2.59 bits per heavy atom. The van der Waals surface area contributed by atoms with Crippen LogP contribution >= 0.6 is 0 Å². The summed E-state index contributed by atoms with van der Waals surface area (Å²) in [5.74, 6) is -0.640. The molecule has 3 rings (SSSR count). The van der Waals surface area contributed by atoms with Gasteiger partial charge in [-0.3, -0.25) is 4.79 Å². The SMILES string of the molecule is C=CCN(Cc1nccn1Cc1ccc(F)cc1)C(=O)c1ccccc1F. The minimum absolute atomic E-state index is 0.0102. The normalized spacial score (nSPS) is 10.6. The van der Waals surface area contributed by atoms with Crippen LogP contribution in [0.1, 0.15) is 21.7 Å². The number of hydrogen-bond acceptors (Lipinski definition) is 2. The molecular weight excluding hydrogens is 348 g/mol. The molecule has 3 aromatic rings. The number of imidazole rings is 1. The summed E-state index contributed by atoms with van der Waals surface area (Å²) in [4.78, 5) is 18.5. The maximum absolute atomic E-state index is 14.0. The molecule has 0 spiro atoms. The van der Waals surface area contributed by atoms with Crippen molar-refractivity contribution in [1.82, 2.24) is 14.5 Å². The average Bonchev–Trinajstić information content (AvgIpc) is 3.10. The first-order valence-corrected chi connectivity index (χ1v) is 8.47. The van der Waals surface area contributed by atoms with Crippen LogP contribution < -0.4 is 0 Å². The van der Waals surface area contributed by atoms with Gasteiger partial charge in [-0.2, -0.15) is 0 Å². The highest BCUT2D eigenvalue weighted by Gasteiger charge is 2.20. The van der Waals surface area contributed by atoms with E-state index in [4.69, 9.17) is 0 Å². The van der Waals surface area contributed by atoms with Crippen molar-refractivity contribution in [2.45, 2.75) is 13.1 Å². The number of amides is 1. The largest absolute Gasteiger partial charge is 0.329 e. The van der Waals surface area contributed by atoms with E-state index in [-0.39, 0.29) is 24.5 Å². The molecule has 4 nitrogen and oxygen atoms in total. The molecule has 0 saturated carbocycles. The molecule has 27 heavy (non-hydrogen) atoms. The number of halogens is 2. The summed E-state index contributed by atoms with van der Waals surface area (Å²) >= 11 is 0. The predicted octanol–water partition coefficient (Wildman–Crippen LogP) is 4.04. The zero-order valence-corrected chi connectivity index (χ0v) is 14.7. The first kappa shape index (κ1) is 18.5. The lowest BCUT2D eigenvalue weighted by Crippen LogP contribution is -2.32. The number of hydrogen-bond donors (Lipinski definition) is 0. The van der Waals surface area contributed by atoms with Gasteiger partial charge in [-0.1, -0.05) is 30.3 Å². The highest BCUT2D eigenvalue weighted by Crippen LogP contribution is 2.14. The van der Waals surface area contributed by atoms with Gasteiger partial charge >= 0.3 is 0 Å². The van der Waals surface area contributed by atoms with E-state index in [1.807, 2.05) is 4.57 Å². The number of aromatic nitrogens is 2. The Morgan fingerprint density at radius 2 is 1.89 bits per heavy atom. The van der Waals surface area contributed by atoms with Crippen molar-refractivity contribution in [2.24, 2.45) is 0 Å². The van der Waals surface area contributed by atoms with Crippen LogP contribution in [0.3, 0.4) is 0 Å². The molecule has 0 unspecified atom stereocenters. The molecule has 0 aliphatic rings. The summed E-state index contributed by atoms with van der Waals surface area (Å²) in [7, 11) is 0. The topological polar surface area (TPSA) is 38.1 Å². The fourth-order valence-corrected chi connectivity index (χ4v) is 2.77. The van der Waals surface area contributed by atoms with Gasteiger partial charge < -0.3 is 9.47 Å². The molecule has 0 bridgehead atoms. The molecule has 1 heterocycles. The quantitative estimate of drug-likeness (QED) is 0.591. The first-order valence-electron chi connectivity index (χ1n) is 8.47. The molecule has 0 aliphatic heterocycles. The van der Waals surface area contributed by atoms with Gasteiger partial charge in [-0.15, -0.1) is 6.58 Å². The van der Waals surface area contributed by atoms with Crippen LogP contribution in [0.25, 0.3) is 0 Å². The van der Waals surface area contributed by atoms with E-state index in [0.29, 0.717) is 12.4 Å². The first-order chi connectivity index (χ1) is 13.1. The number of carbonyl (C=O) groups is 1. The van der Waals surface area contributed by atoms with Crippen LogP contribution in [0.15, 0.2) is 73.6 Å². The second kappa shape index (κ2) is 8.40. The van der Waals surface area contributed by atoms with Crippen molar-refractivity contribution < 1.29 is 13.6 Å². The molecule has 6 heteroatoms. The Hall–Kier alpha value is -3.28. The fourth-order valence-electron chi connectivity index (χ4n) is 2.77. The minimum atomic E-state index is -0.564. The van der Waals surface area contributed by atoms with Gasteiger partial charge in [0, 0.05) is 25.5 Å². The van der Waals surface area contributed by atoms with E-state index in [9.17, 15) is 13.6 Å². The summed E-state index contributed by atoms with van der Waals surface area (Å²) in [6, 6.07) is 12.1. The van der Waals surface area contributed by atoms with Gasteiger partial charge in [-0.25, -0.2) is 13.8 Å². The van der Waals surface area contributed by atoms with Crippen LogP contribution in [-0.2, 0) is 13.1 Å². The van der Waals surface area contributed by atoms with E-state index >= 15 is 0 Å². The van der Waals surface area contributed by atoms with Gasteiger partial charge in [0.15, 0.2) is 0 Å². The van der Waals surface area contributed by atoms with E-state index in [1.54, 1.807) is 42.7 Å². The summed E-state index contributed by atoms with van der Waals surface area (Å²) in [5, 5.41) is 0. The molecule has 0 N–H and O–H groups in total. The minimum Gasteiger partial charge on any atom is -0.329 e. The Kier molecular flexibility index (Phi) is 5.76. The number of rotatable bonds is 7. The molecule has 0 atom stereocenters. The maximum Gasteiger partial charge on any atom is 0.257 e. The predicted molar refractivity (Wildman–Crippen MR) is 99.1 cm³/mol. The molecule has 138 valence electrons. The number of carbonyl (C=O) groups excluding carboxylic acids is 1. The summed E-state index contributed by atoms with van der Waals surface area (Å²) in [6.45, 7) is 4.63. The van der Waals surface area contributed by atoms with Crippen molar-refractivity contribution >= 4 is 5.91 Å². The standard InChI is InChI=1S/C21H19F2N3O/c1-2-12-26(21(27)18-5-3-4-6-19(18)23)15-20-24-11-13-25(20)14-16-7-9-17(22)10-8-16/h2-11,13H,1,12,14-15H2. The van der Waals surface area contributed by atoms with E-state index in [2.05, 4.69) is 11.6 Å². The second-order valence-corrected chi connectivity index (χ2v) is 6.05. The highest BCUT2D eigenvalue weighted by atomic mass is 19.1. The zero-order chi connectivity index (χ0) is 19.2. The fraction of sp³-hybridized carbons (Fsp3) is 0.143. The van der Waals surface area contributed by atoms with Crippen molar-refractivity contribution in [3.05, 3.63) is 102 Å². The lowest BCUT2D eigenvalue weighted by atomic mass is 10.2. The van der Waals surface area contributed by atoms with E-state index in [0.717, 1.165) is 5.56 Å². The third-order valence-electron chi connectivity index (χ3n) is 4.14. The molecule has 0 aliphatic carbocycles. The third kappa shape index (κ3) is 4.47. The molecule has 1 amide bonds. The number of benzene rings is 2. The molecule has 0 saturated heterocycles. The van der Waals surface area contributed by atoms with Gasteiger partial charge in [0.25, 0.3) is 5.91 Å². The molecule has 2 aromatic carbocycles. The van der Waals surface area contributed by atoms with Gasteiger partial charge in [0.1, 0.15) is 17.5 Å². The molecule has 1 aromatic heterocycles. The Morgan fingerprint density at radius 1 is 1.15 bits per heavy atom. The van der Waals surface area contributed by atoms with Crippen molar-refractivity contribution in [2.75, 3.05) is 6.54 Å². The van der Waals surface area contributed by atoms with Crippen LogP contribution in [0.5, 0.6) is 0 Å². The van der Waals surface area contributed by atoms with Crippen molar-refractivity contribution in [1.29, 1.82) is 0 Å². The summed E-state index contributed by atoms with van der Waals surface area (Å²) < 4.78 is 28.9. The van der Waals surface area contributed by atoms with Crippen molar-refractivity contribution in [3.63, 3.8) is 0 Å². The van der Waals surface area contributed by atoms with Crippen molar-refractivity contribution in [3.8, 4) is 0 Å². The Balaban J connectivity index is 1.80. The lowest BCUT2D eigenvalue weighted by molar-refractivity contribution is 0.0752. The molecule has 0 radical (unpaired) electrons. The summed E-state index contributed by atoms with van der Waals surface area (Å²) in [5.41, 5.74) is 0.919. The molecular formula is C21H19F2N3O. The highest BCUT2D eigenvalue weighted by molar-refractivity contribution is 5.94. The van der Waals surface area contributed by atoms with E-state index < -0.39 is 11.7 Å². The smallest absolute Gasteiger partial charge is 0.257 e. The zero-order valence-electron chi connectivity index (χ0n) is 14.7. The van der Waals surface area contributed by atoms with E-state index in [1.165, 1.54) is 29.2 Å². The van der Waals surface area contributed by atoms with Crippen LogP contribution in [0.4, 0.5) is 8.78 Å². The van der Waals surface area contributed by atoms with Crippen LogP contribution in [0, 0.1) is 11.6 Å². The van der Waals surface area contributed by atoms with Gasteiger partial charge in [0.05, 0.1) is 12.1 Å². The van der Waals surface area contributed by atoms with Crippen LogP contribution in [0.2, 0.25) is 0 Å². The number of nitrogens with zero attached hydrogens (tertiary/aromatic N) is 3. The second-order valence-electron chi connectivity index (χ2n) is 6.05. The Labute approximate surface area is 156 Å². The van der Waals surface area contributed by atoms with Crippen LogP contribution in [-0.4, -0.2) is 26.9 Å².